The molecule has 0 aliphatic rings. The van der Waals surface area contributed by atoms with Gasteiger partial charge in [-0.25, -0.2) is 9.18 Å². The quantitative estimate of drug-likeness (QED) is 0.239. The normalized spacial score (nSPS) is 11.9. The minimum Gasteiger partial charge on any atom is -0.494 e. The Morgan fingerprint density at radius 3 is 2.53 bits per heavy atom. The Morgan fingerprint density at radius 1 is 1.14 bits per heavy atom. The lowest BCUT2D eigenvalue weighted by atomic mass is 9.90. The lowest BCUT2D eigenvalue weighted by molar-refractivity contribution is -0.0499. The number of aromatic nitrogens is 3. The van der Waals surface area contributed by atoms with Crippen molar-refractivity contribution in [1.29, 1.82) is 5.41 Å². The minimum atomic E-state index is -3.09. The number of alkyl halides is 2. The van der Waals surface area contributed by atoms with Crippen molar-refractivity contribution in [3.63, 3.8) is 0 Å². The summed E-state index contributed by atoms with van der Waals surface area (Å²) in [4.78, 5) is 15.5. The summed E-state index contributed by atoms with van der Waals surface area (Å²) in [7, 11) is 1.45. The number of hydrogen-bond donors (Lipinski definition) is 3. The molecule has 8 nitrogen and oxygen atoms in total. The Labute approximate surface area is 203 Å². The first-order valence-corrected chi connectivity index (χ1v) is 10.8. The second-order valence-electron chi connectivity index (χ2n) is 7.83. The second-order valence-corrected chi connectivity index (χ2v) is 7.83. The summed E-state index contributed by atoms with van der Waals surface area (Å²) in [6, 6.07) is 16.7. The Hall–Kier alpha value is -4.54. The number of hydrogen-bond acceptors (Lipinski definition) is 5. The van der Waals surface area contributed by atoms with Gasteiger partial charge in [-0.15, -0.1) is 5.10 Å². The Bertz CT molecular complexity index is 1430. The van der Waals surface area contributed by atoms with Gasteiger partial charge < -0.3 is 15.2 Å². The van der Waals surface area contributed by atoms with Gasteiger partial charge in [0.25, 0.3) is 0 Å². The average molecular weight is 497 g/mol. The molecule has 1 heterocycles. The highest BCUT2D eigenvalue weighted by Gasteiger charge is 2.25. The van der Waals surface area contributed by atoms with Gasteiger partial charge >= 0.3 is 12.3 Å². The van der Waals surface area contributed by atoms with Crippen molar-refractivity contribution < 1.29 is 22.6 Å². The number of rotatable bonds is 9. The Kier molecular flexibility index (Phi) is 7.09. The summed E-state index contributed by atoms with van der Waals surface area (Å²) < 4.78 is 51.6. The topological polar surface area (TPSA) is 119 Å². The highest BCUT2D eigenvalue weighted by Crippen LogP contribution is 2.32. The highest BCUT2D eigenvalue weighted by atomic mass is 19.3. The lowest BCUT2D eigenvalue weighted by Gasteiger charge is -2.17. The maximum atomic E-state index is 15.0. The van der Waals surface area contributed by atoms with Gasteiger partial charge in [0.05, 0.1) is 13.0 Å². The Morgan fingerprint density at radius 2 is 1.86 bits per heavy atom. The number of nitrogens with zero attached hydrogens (tertiary/aromatic N) is 2. The van der Waals surface area contributed by atoms with Crippen LogP contribution >= 0.6 is 0 Å². The van der Waals surface area contributed by atoms with Crippen LogP contribution in [0.15, 0.2) is 71.5 Å². The van der Waals surface area contributed by atoms with E-state index in [-0.39, 0.29) is 29.4 Å². The molecule has 186 valence electrons. The van der Waals surface area contributed by atoms with E-state index in [9.17, 15) is 13.6 Å². The third kappa shape index (κ3) is 5.24. The van der Waals surface area contributed by atoms with Crippen LogP contribution in [0, 0.1) is 11.2 Å². The average Bonchev–Trinajstić information content (AvgIpc) is 3.24. The zero-order valence-corrected chi connectivity index (χ0v) is 19.0. The molecule has 3 aromatic carbocycles. The summed E-state index contributed by atoms with van der Waals surface area (Å²) in [5, 5.41) is 12.0. The minimum absolute atomic E-state index is 0.00437. The van der Waals surface area contributed by atoms with Crippen molar-refractivity contribution in [3.05, 3.63) is 106 Å². The largest absolute Gasteiger partial charge is 0.494 e. The van der Waals surface area contributed by atoms with Crippen LogP contribution in [-0.4, -0.2) is 34.3 Å². The zero-order valence-electron chi connectivity index (χ0n) is 19.0. The number of nitrogens with two attached hydrogens (primary N) is 1. The number of benzene rings is 3. The van der Waals surface area contributed by atoms with Crippen LogP contribution in [0.25, 0.3) is 5.69 Å². The van der Waals surface area contributed by atoms with Crippen LogP contribution in [-0.2, 0) is 6.42 Å². The lowest BCUT2D eigenvalue weighted by Crippen LogP contribution is -2.16. The van der Waals surface area contributed by atoms with E-state index in [2.05, 4.69) is 14.8 Å². The van der Waals surface area contributed by atoms with Gasteiger partial charge in [-0.3, -0.25) is 10.4 Å². The summed E-state index contributed by atoms with van der Waals surface area (Å²) in [6.45, 7) is -3.09. The fraction of sp³-hybridized carbons (Fsp3) is 0.160. The number of nitrogens with one attached hydrogen (secondary N) is 2. The summed E-state index contributed by atoms with van der Waals surface area (Å²) in [5.74, 6) is -1.40. The predicted octanol–water partition coefficient (Wildman–Crippen LogP) is 3.97. The third-order valence-corrected chi connectivity index (χ3v) is 5.55. The molecule has 1 atom stereocenters. The molecule has 4 aromatic rings. The number of para-hydroxylation sites is 2. The molecule has 0 saturated heterocycles. The maximum Gasteiger partial charge on any atom is 0.387 e. The molecule has 4 N–H and O–H groups in total. The van der Waals surface area contributed by atoms with E-state index in [1.54, 1.807) is 48.5 Å². The van der Waals surface area contributed by atoms with Gasteiger partial charge in [0.15, 0.2) is 0 Å². The first-order chi connectivity index (χ1) is 17.3. The molecule has 11 heteroatoms. The molecule has 0 fully saturated rings. The van der Waals surface area contributed by atoms with Crippen molar-refractivity contribution in [2.75, 3.05) is 7.11 Å². The van der Waals surface area contributed by atoms with Crippen LogP contribution in [0.2, 0.25) is 0 Å². The number of aromatic amines is 1. The number of nitrogen functional groups attached to an aromatic ring is 1. The summed E-state index contributed by atoms with van der Waals surface area (Å²) >= 11 is 0. The van der Waals surface area contributed by atoms with Crippen LogP contribution in [0.4, 0.5) is 13.2 Å². The molecule has 4 rings (SSSR count). The van der Waals surface area contributed by atoms with Crippen molar-refractivity contribution in [1.82, 2.24) is 14.8 Å². The summed E-state index contributed by atoms with van der Waals surface area (Å²) in [6.07, 6.45) is 0.145. The Balaban J connectivity index is 1.82. The SMILES string of the molecule is COc1ccccc1-n1nc(C(Cc2ccc(C(=N)N)cc2)c2cc(OC(F)F)ccc2F)[nH]c1=O. The number of ether oxygens (including phenoxy) is 2. The first kappa shape index (κ1) is 24.6. The van der Waals surface area contributed by atoms with Crippen molar-refractivity contribution in [2.24, 2.45) is 5.73 Å². The maximum absolute atomic E-state index is 15.0. The standard InChI is InChI=1S/C25H22F3N5O3/c1-35-21-5-3-2-4-20(21)33-25(34)31-23(32-33)18(12-14-6-8-15(9-7-14)22(29)30)17-13-16(36-24(27)28)10-11-19(17)26/h2-11,13,18,24H,12H2,1H3,(H3,29,30)(H,31,32,34). The van der Waals surface area contributed by atoms with Gasteiger partial charge in [0.2, 0.25) is 0 Å². The van der Waals surface area contributed by atoms with Crippen molar-refractivity contribution in [3.8, 4) is 17.2 Å². The van der Waals surface area contributed by atoms with E-state index in [0.717, 1.165) is 22.9 Å². The molecule has 36 heavy (non-hydrogen) atoms. The van der Waals surface area contributed by atoms with Crippen molar-refractivity contribution >= 4 is 5.84 Å². The van der Waals surface area contributed by atoms with Gasteiger partial charge in [-0.1, -0.05) is 36.4 Å². The third-order valence-electron chi connectivity index (χ3n) is 5.55. The predicted molar refractivity (Wildman–Crippen MR) is 127 cm³/mol. The first-order valence-electron chi connectivity index (χ1n) is 10.8. The molecule has 1 unspecified atom stereocenters. The van der Waals surface area contributed by atoms with E-state index < -0.39 is 24.0 Å². The van der Waals surface area contributed by atoms with E-state index in [1.807, 2.05) is 0 Å². The van der Waals surface area contributed by atoms with Crippen LogP contribution in [0.3, 0.4) is 0 Å². The van der Waals surface area contributed by atoms with Crippen molar-refractivity contribution in [2.45, 2.75) is 19.0 Å². The molecule has 1 aromatic heterocycles. The zero-order chi connectivity index (χ0) is 25.8. The van der Waals surface area contributed by atoms with Gasteiger partial charge in [0, 0.05) is 11.1 Å². The molecular formula is C25H22F3N5O3. The number of amidine groups is 1. The number of methoxy groups -OCH3 is 1. The van der Waals surface area contributed by atoms with E-state index >= 15 is 4.39 Å². The molecule has 0 amide bonds. The fourth-order valence-corrected chi connectivity index (χ4v) is 3.84. The molecule has 0 saturated carbocycles. The van der Waals surface area contributed by atoms with Gasteiger partial charge in [-0.2, -0.15) is 13.5 Å². The monoisotopic (exact) mass is 497 g/mol. The fourth-order valence-electron chi connectivity index (χ4n) is 3.84. The van der Waals surface area contributed by atoms with Crippen LogP contribution < -0.4 is 20.9 Å². The molecule has 0 bridgehead atoms. The van der Waals surface area contributed by atoms with Crippen LogP contribution in [0.5, 0.6) is 11.5 Å². The van der Waals surface area contributed by atoms with Gasteiger partial charge in [0.1, 0.15) is 34.7 Å². The smallest absolute Gasteiger partial charge is 0.387 e. The number of halogens is 3. The highest BCUT2D eigenvalue weighted by molar-refractivity contribution is 5.94. The van der Waals surface area contributed by atoms with Gasteiger partial charge in [-0.05, 0) is 42.3 Å². The molecule has 0 radical (unpaired) electrons. The number of H-pyrrole nitrogens is 1. The van der Waals surface area contributed by atoms with E-state index in [1.165, 1.54) is 7.11 Å². The molecular weight excluding hydrogens is 475 g/mol. The molecule has 0 spiro atoms. The molecule has 0 aliphatic carbocycles. The van der Waals surface area contributed by atoms with E-state index in [4.69, 9.17) is 15.9 Å². The van der Waals surface area contributed by atoms with E-state index in [0.29, 0.717) is 22.6 Å². The summed E-state index contributed by atoms with van der Waals surface area (Å²) in [5.41, 5.74) is 6.51. The van der Waals surface area contributed by atoms with Crippen LogP contribution in [0.1, 0.15) is 28.4 Å². The molecule has 0 aliphatic heterocycles. The second kappa shape index (κ2) is 10.4.